The maximum atomic E-state index is 14.0. The van der Waals surface area contributed by atoms with Crippen molar-refractivity contribution in [2.75, 3.05) is 0 Å². The Morgan fingerprint density at radius 2 is 1.69 bits per heavy atom. The number of aromatic amines is 1. The SMILES string of the molecule is O=C(O)C=Cc1ccc(C(=C(c2ccc(F)cc2Cl)C2CCC2)c2ccc(-c3cn[nH]c3)cc2)cc1. The Morgan fingerprint density at radius 1 is 1.00 bits per heavy atom. The van der Waals surface area contributed by atoms with E-state index in [1.54, 1.807) is 18.3 Å². The molecule has 1 fully saturated rings. The van der Waals surface area contributed by atoms with Crippen LogP contribution in [0.4, 0.5) is 4.39 Å². The van der Waals surface area contributed by atoms with E-state index in [0.29, 0.717) is 10.9 Å². The fraction of sp³-hybridized carbons (Fsp3) is 0.133. The first-order valence-corrected chi connectivity index (χ1v) is 12.2. The lowest BCUT2D eigenvalue weighted by molar-refractivity contribution is -0.131. The van der Waals surface area contributed by atoms with Gasteiger partial charge in [0.05, 0.1) is 11.2 Å². The molecule has 6 heteroatoms. The van der Waals surface area contributed by atoms with Crippen LogP contribution in [0.2, 0.25) is 5.02 Å². The molecule has 4 aromatic rings. The topological polar surface area (TPSA) is 66.0 Å². The van der Waals surface area contributed by atoms with Crippen LogP contribution >= 0.6 is 11.6 Å². The summed E-state index contributed by atoms with van der Waals surface area (Å²) in [7, 11) is 0. The van der Waals surface area contributed by atoms with Gasteiger partial charge in [-0.05, 0) is 75.9 Å². The molecule has 0 amide bonds. The van der Waals surface area contributed by atoms with E-state index in [0.717, 1.165) is 69.9 Å². The number of rotatable bonds is 7. The van der Waals surface area contributed by atoms with Crippen molar-refractivity contribution in [1.29, 1.82) is 0 Å². The molecule has 1 aliphatic carbocycles. The lowest BCUT2D eigenvalue weighted by Crippen LogP contribution is -2.15. The first kappa shape index (κ1) is 23.8. The minimum absolute atomic E-state index is 0.308. The number of nitrogens with zero attached hydrogens (tertiary/aromatic N) is 1. The third kappa shape index (κ3) is 5.02. The molecule has 0 unspecified atom stereocenters. The van der Waals surface area contributed by atoms with Crippen LogP contribution in [0.1, 0.15) is 41.5 Å². The Hall–Kier alpha value is -3.96. The first-order valence-electron chi connectivity index (χ1n) is 11.8. The van der Waals surface area contributed by atoms with Crippen molar-refractivity contribution in [2.45, 2.75) is 19.3 Å². The quantitative estimate of drug-likeness (QED) is 0.202. The van der Waals surface area contributed by atoms with Gasteiger partial charge in [-0.2, -0.15) is 5.10 Å². The average Bonchev–Trinajstić information content (AvgIpc) is 3.38. The highest BCUT2D eigenvalue weighted by Crippen LogP contribution is 2.47. The molecule has 180 valence electrons. The number of H-pyrrole nitrogens is 1. The maximum Gasteiger partial charge on any atom is 0.328 e. The number of carbonyl (C=O) groups is 1. The first-order chi connectivity index (χ1) is 17.5. The van der Waals surface area contributed by atoms with Gasteiger partial charge in [-0.1, -0.05) is 72.6 Å². The molecule has 0 aliphatic heterocycles. The van der Waals surface area contributed by atoms with Crippen LogP contribution in [-0.2, 0) is 4.79 Å². The van der Waals surface area contributed by atoms with Crippen molar-refractivity contribution >= 4 is 34.8 Å². The van der Waals surface area contributed by atoms with E-state index in [9.17, 15) is 9.18 Å². The molecule has 1 heterocycles. The van der Waals surface area contributed by atoms with Crippen molar-refractivity contribution in [3.63, 3.8) is 0 Å². The van der Waals surface area contributed by atoms with Gasteiger partial charge in [0.25, 0.3) is 0 Å². The molecule has 0 bridgehead atoms. The minimum Gasteiger partial charge on any atom is -0.478 e. The van der Waals surface area contributed by atoms with Crippen molar-refractivity contribution in [3.05, 3.63) is 118 Å². The number of allylic oxidation sites excluding steroid dienone is 1. The molecule has 4 nitrogen and oxygen atoms in total. The Morgan fingerprint density at radius 3 is 2.25 bits per heavy atom. The van der Waals surface area contributed by atoms with Crippen LogP contribution in [0.15, 0.2) is 85.2 Å². The number of halogens is 2. The summed E-state index contributed by atoms with van der Waals surface area (Å²) in [6.07, 6.45) is 9.55. The van der Waals surface area contributed by atoms with E-state index < -0.39 is 5.97 Å². The van der Waals surface area contributed by atoms with Crippen LogP contribution in [0.25, 0.3) is 28.3 Å². The number of hydrogen-bond donors (Lipinski definition) is 2. The smallest absolute Gasteiger partial charge is 0.328 e. The zero-order chi connectivity index (χ0) is 25.1. The molecule has 1 aromatic heterocycles. The highest BCUT2D eigenvalue weighted by molar-refractivity contribution is 6.32. The molecule has 2 N–H and O–H groups in total. The molecular weight excluding hydrogens is 475 g/mol. The minimum atomic E-state index is -0.990. The summed E-state index contributed by atoms with van der Waals surface area (Å²) in [4.78, 5) is 10.9. The predicted molar refractivity (Wildman–Crippen MR) is 142 cm³/mol. The third-order valence-electron chi connectivity index (χ3n) is 6.63. The van der Waals surface area contributed by atoms with E-state index in [4.69, 9.17) is 16.7 Å². The monoisotopic (exact) mass is 498 g/mol. The number of nitrogens with one attached hydrogen (secondary N) is 1. The third-order valence-corrected chi connectivity index (χ3v) is 6.94. The molecule has 5 rings (SSSR count). The van der Waals surface area contributed by atoms with E-state index in [1.807, 2.05) is 30.5 Å². The Bertz CT molecular complexity index is 1440. The van der Waals surface area contributed by atoms with Crippen molar-refractivity contribution < 1.29 is 14.3 Å². The number of aromatic nitrogens is 2. The maximum absolute atomic E-state index is 14.0. The van der Waals surface area contributed by atoms with Crippen LogP contribution in [0.5, 0.6) is 0 Å². The van der Waals surface area contributed by atoms with E-state index in [1.165, 1.54) is 12.1 Å². The Balaban J connectivity index is 1.69. The van der Waals surface area contributed by atoms with Gasteiger partial charge in [0.1, 0.15) is 5.82 Å². The van der Waals surface area contributed by atoms with Gasteiger partial charge >= 0.3 is 5.97 Å². The average molecular weight is 499 g/mol. The zero-order valence-electron chi connectivity index (χ0n) is 19.4. The van der Waals surface area contributed by atoms with Crippen molar-refractivity contribution in [2.24, 2.45) is 5.92 Å². The van der Waals surface area contributed by atoms with Gasteiger partial charge in [-0.15, -0.1) is 0 Å². The molecular formula is C30H24ClFN2O2. The second-order valence-corrected chi connectivity index (χ2v) is 9.31. The van der Waals surface area contributed by atoms with Crippen LogP contribution in [0, 0.1) is 11.7 Å². The molecule has 0 spiro atoms. The second kappa shape index (κ2) is 10.3. The van der Waals surface area contributed by atoms with Gasteiger partial charge < -0.3 is 5.11 Å². The second-order valence-electron chi connectivity index (χ2n) is 8.90. The van der Waals surface area contributed by atoms with Gasteiger partial charge in [-0.25, -0.2) is 9.18 Å². The van der Waals surface area contributed by atoms with Crippen molar-refractivity contribution in [1.82, 2.24) is 10.2 Å². The van der Waals surface area contributed by atoms with E-state index in [-0.39, 0.29) is 5.82 Å². The summed E-state index contributed by atoms with van der Waals surface area (Å²) in [5.41, 5.74) is 7.84. The number of hydrogen-bond acceptors (Lipinski definition) is 2. The van der Waals surface area contributed by atoms with Crippen LogP contribution in [0.3, 0.4) is 0 Å². The number of carboxylic acids is 1. The van der Waals surface area contributed by atoms with Gasteiger partial charge in [0.15, 0.2) is 0 Å². The normalized spacial score (nSPS) is 14.5. The van der Waals surface area contributed by atoms with Crippen molar-refractivity contribution in [3.8, 4) is 11.1 Å². The lowest BCUT2D eigenvalue weighted by atomic mass is 9.73. The summed E-state index contributed by atoms with van der Waals surface area (Å²) < 4.78 is 14.0. The summed E-state index contributed by atoms with van der Waals surface area (Å²) in [5.74, 6) is -1.05. The van der Waals surface area contributed by atoms with E-state index >= 15 is 0 Å². The molecule has 36 heavy (non-hydrogen) atoms. The summed E-state index contributed by atoms with van der Waals surface area (Å²) in [6, 6.07) is 20.7. The van der Waals surface area contributed by atoms with E-state index in [2.05, 4.69) is 34.5 Å². The highest BCUT2D eigenvalue weighted by atomic mass is 35.5. The van der Waals surface area contributed by atoms with Crippen LogP contribution < -0.4 is 0 Å². The van der Waals surface area contributed by atoms with Gasteiger partial charge in [0.2, 0.25) is 0 Å². The molecule has 0 radical (unpaired) electrons. The highest BCUT2D eigenvalue weighted by Gasteiger charge is 2.28. The fourth-order valence-corrected chi connectivity index (χ4v) is 4.88. The number of carboxylic acid groups (broad SMARTS) is 1. The van der Waals surface area contributed by atoms with Crippen LogP contribution in [-0.4, -0.2) is 21.3 Å². The fourth-order valence-electron chi connectivity index (χ4n) is 4.61. The lowest BCUT2D eigenvalue weighted by Gasteiger charge is -2.32. The summed E-state index contributed by atoms with van der Waals surface area (Å²) in [5, 5.41) is 16.2. The molecule has 0 saturated heterocycles. The Kier molecular flexibility index (Phi) is 6.83. The Labute approximate surface area is 213 Å². The summed E-state index contributed by atoms with van der Waals surface area (Å²) in [6.45, 7) is 0. The largest absolute Gasteiger partial charge is 0.478 e. The number of benzene rings is 3. The van der Waals surface area contributed by atoms with Gasteiger partial charge in [-0.3, -0.25) is 5.10 Å². The van der Waals surface area contributed by atoms with Gasteiger partial charge in [0, 0.05) is 17.8 Å². The number of aliphatic carboxylic acids is 1. The zero-order valence-corrected chi connectivity index (χ0v) is 20.2. The molecule has 3 aromatic carbocycles. The standard InChI is InChI=1S/C30H24ClFN2O2/c31-27-16-25(32)13-14-26(27)30(21-2-1-3-21)29(22-7-4-19(5-8-22)6-15-28(35)36)23-11-9-20(10-12-23)24-17-33-34-18-24/h4-18,21H,1-3H2,(H,33,34)(H,35,36). The molecule has 1 saturated carbocycles. The summed E-state index contributed by atoms with van der Waals surface area (Å²) >= 11 is 6.61. The molecule has 0 atom stereocenters. The predicted octanol–water partition coefficient (Wildman–Crippen LogP) is 7.73. The molecule has 1 aliphatic rings.